The van der Waals surface area contributed by atoms with E-state index in [1.165, 1.54) is 34.2 Å². The Morgan fingerprint density at radius 3 is 1.69 bits per heavy atom. The quantitative estimate of drug-likeness (QED) is 0.289. The van der Waals surface area contributed by atoms with Gasteiger partial charge in [0.05, 0.1) is 10.8 Å². The second-order valence-corrected chi connectivity index (χ2v) is 10.7. The van der Waals surface area contributed by atoms with E-state index in [0.717, 1.165) is 89.9 Å². The molecule has 0 aromatic heterocycles. The van der Waals surface area contributed by atoms with Gasteiger partial charge in [-0.25, -0.2) is 0 Å². The van der Waals surface area contributed by atoms with Crippen LogP contribution in [0.25, 0.3) is 0 Å². The van der Waals surface area contributed by atoms with Gasteiger partial charge in [0.25, 0.3) is 0 Å². The van der Waals surface area contributed by atoms with Crippen LogP contribution in [-0.4, -0.2) is 22.2 Å². The van der Waals surface area contributed by atoms with Crippen LogP contribution in [-0.2, 0) is 22.4 Å². The molecular formula is C28H42O4. The lowest BCUT2D eigenvalue weighted by molar-refractivity contribution is -0.144. The maximum Gasteiger partial charge on any atom is 0.309 e. The maximum absolute atomic E-state index is 11.3. The van der Waals surface area contributed by atoms with Gasteiger partial charge in [-0.05, 0) is 113 Å². The molecule has 1 aromatic carbocycles. The summed E-state index contributed by atoms with van der Waals surface area (Å²) in [5.74, 6) is -1.19. The van der Waals surface area contributed by atoms with Gasteiger partial charge < -0.3 is 10.2 Å². The van der Waals surface area contributed by atoms with Crippen molar-refractivity contribution in [2.75, 3.05) is 0 Å². The molecule has 4 nitrogen and oxygen atoms in total. The monoisotopic (exact) mass is 442 g/mol. The van der Waals surface area contributed by atoms with Crippen LogP contribution in [0.5, 0.6) is 0 Å². The number of carbonyl (C=O) groups is 2. The smallest absolute Gasteiger partial charge is 0.309 e. The van der Waals surface area contributed by atoms with Crippen LogP contribution in [0.15, 0.2) is 6.07 Å². The van der Waals surface area contributed by atoms with Crippen molar-refractivity contribution in [3.05, 3.63) is 33.9 Å². The van der Waals surface area contributed by atoms with E-state index in [1.54, 1.807) is 0 Å². The van der Waals surface area contributed by atoms with Crippen LogP contribution in [0.1, 0.15) is 111 Å². The van der Waals surface area contributed by atoms with Crippen molar-refractivity contribution in [3.63, 3.8) is 0 Å². The van der Waals surface area contributed by atoms with Crippen molar-refractivity contribution in [3.8, 4) is 0 Å². The molecule has 2 aliphatic rings. The summed E-state index contributed by atoms with van der Waals surface area (Å²) in [4.78, 5) is 22.6. The SMILES string of the molecule is Cc1cc(CCCCCC2(C(=O)O)CC2)c(CCCCCCC2(C(=O)O)CC2)c(C)c1C. The van der Waals surface area contributed by atoms with Crippen molar-refractivity contribution in [1.29, 1.82) is 0 Å². The molecule has 2 aliphatic carbocycles. The molecule has 0 saturated heterocycles. The average Bonchev–Trinajstić information content (AvgIpc) is 3.66. The summed E-state index contributed by atoms with van der Waals surface area (Å²) in [7, 11) is 0. The average molecular weight is 443 g/mol. The first-order chi connectivity index (χ1) is 15.2. The number of hydrogen-bond donors (Lipinski definition) is 2. The fourth-order valence-electron chi connectivity index (χ4n) is 5.31. The van der Waals surface area contributed by atoms with Crippen LogP contribution >= 0.6 is 0 Å². The highest BCUT2D eigenvalue weighted by molar-refractivity contribution is 5.78. The summed E-state index contributed by atoms with van der Waals surface area (Å²) in [5, 5.41) is 18.6. The van der Waals surface area contributed by atoms with Gasteiger partial charge >= 0.3 is 11.9 Å². The molecule has 178 valence electrons. The standard InChI is InChI=1S/C28H42O4/c1-20-19-23(11-7-6-10-14-28(17-18-28)26(31)32)24(22(3)21(20)2)12-8-4-5-9-13-27(15-16-27)25(29)30/h19H,4-18H2,1-3H3,(H,29,30)(H,31,32). The van der Waals surface area contributed by atoms with E-state index in [4.69, 9.17) is 0 Å². The number of aryl methyl sites for hydroxylation is 2. The number of unbranched alkanes of at least 4 members (excludes halogenated alkanes) is 5. The van der Waals surface area contributed by atoms with Crippen molar-refractivity contribution in [1.82, 2.24) is 0 Å². The molecule has 2 saturated carbocycles. The highest BCUT2D eigenvalue weighted by Gasteiger charge is 2.49. The van der Waals surface area contributed by atoms with Gasteiger partial charge in [-0.3, -0.25) is 9.59 Å². The van der Waals surface area contributed by atoms with E-state index in [0.29, 0.717) is 0 Å². The third-order valence-corrected chi connectivity index (χ3v) is 8.43. The van der Waals surface area contributed by atoms with Gasteiger partial charge in [0, 0.05) is 0 Å². The first-order valence-corrected chi connectivity index (χ1v) is 12.8. The zero-order valence-electron chi connectivity index (χ0n) is 20.4. The van der Waals surface area contributed by atoms with Gasteiger partial charge in [-0.15, -0.1) is 0 Å². The number of carboxylic acid groups (broad SMARTS) is 2. The number of benzene rings is 1. The molecule has 0 heterocycles. The minimum absolute atomic E-state index is 0.374. The molecular weight excluding hydrogens is 400 g/mol. The van der Waals surface area contributed by atoms with E-state index in [1.807, 2.05) is 0 Å². The van der Waals surface area contributed by atoms with Gasteiger partial charge in [-0.1, -0.05) is 38.2 Å². The van der Waals surface area contributed by atoms with Crippen LogP contribution < -0.4 is 0 Å². The highest BCUT2D eigenvalue weighted by atomic mass is 16.4. The number of rotatable bonds is 15. The molecule has 0 bridgehead atoms. The minimum atomic E-state index is -0.597. The second kappa shape index (κ2) is 10.4. The van der Waals surface area contributed by atoms with Crippen LogP contribution in [0.4, 0.5) is 0 Å². The van der Waals surface area contributed by atoms with E-state index >= 15 is 0 Å². The highest BCUT2D eigenvalue weighted by Crippen LogP contribution is 2.50. The van der Waals surface area contributed by atoms with Gasteiger partial charge in [-0.2, -0.15) is 0 Å². The van der Waals surface area contributed by atoms with Crippen molar-refractivity contribution < 1.29 is 19.8 Å². The minimum Gasteiger partial charge on any atom is -0.481 e. The summed E-state index contributed by atoms with van der Waals surface area (Å²) >= 11 is 0. The lowest BCUT2D eigenvalue weighted by Crippen LogP contribution is -2.14. The summed E-state index contributed by atoms with van der Waals surface area (Å²) in [6.07, 6.45) is 15.1. The molecule has 0 radical (unpaired) electrons. The van der Waals surface area contributed by atoms with Crippen molar-refractivity contribution >= 4 is 11.9 Å². The second-order valence-electron chi connectivity index (χ2n) is 10.7. The van der Waals surface area contributed by atoms with Crippen LogP contribution in [0.3, 0.4) is 0 Å². The fraction of sp³-hybridized carbons (Fsp3) is 0.714. The number of aliphatic carboxylic acids is 2. The molecule has 0 unspecified atom stereocenters. The Hall–Kier alpha value is -1.84. The summed E-state index contributed by atoms with van der Waals surface area (Å²) in [6, 6.07) is 2.38. The molecule has 4 heteroatoms. The molecule has 2 fully saturated rings. The summed E-state index contributed by atoms with van der Waals surface area (Å²) in [5.41, 5.74) is 6.44. The van der Waals surface area contributed by atoms with Gasteiger partial charge in [0.15, 0.2) is 0 Å². The van der Waals surface area contributed by atoms with Crippen molar-refractivity contribution in [2.24, 2.45) is 10.8 Å². The predicted molar refractivity (Wildman–Crippen MR) is 128 cm³/mol. The molecule has 0 spiro atoms. The van der Waals surface area contributed by atoms with E-state index < -0.39 is 11.9 Å². The van der Waals surface area contributed by atoms with Crippen LogP contribution in [0, 0.1) is 31.6 Å². The first kappa shape index (κ1) is 24.8. The summed E-state index contributed by atoms with van der Waals surface area (Å²) in [6.45, 7) is 6.68. The molecule has 1 aromatic rings. The van der Waals surface area contributed by atoms with E-state index in [9.17, 15) is 19.8 Å². The molecule has 32 heavy (non-hydrogen) atoms. The third kappa shape index (κ3) is 5.94. The zero-order valence-corrected chi connectivity index (χ0v) is 20.4. The molecule has 2 N–H and O–H groups in total. The lowest BCUT2D eigenvalue weighted by atomic mass is 9.88. The Morgan fingerprint density at radius 2 is 1.19 bits per heavy atom. The predicted octanol–water partition coefficient (Wildman–Crippen LogP) is 6.94. The lowest BCUT2D eigenvalue weighted by Gasteiger charge is -2.18. The fourth-order valence-corrected chi connectivity index (χ4v) is 5.31. The Balaban J connectivity index is 1.44. The Bertz CT molecular complexity index is 830. The Labute approximate surface area is 193 Å². The molecule has 0 aliphatic heterocycles. The molecule has 3 rings (SSSR count). The third-order valence-electron chi connectivity index (χ3n) is 8.43. The number of carboxylic acids is 2. The largest absolute Gasteiger partial charge is 0.481 e. The van der Waals surface area contributed by atoms with Crippen molar-refractivity contribution in [2.45, 2.75) is 117 Å². The maximum atomic E-state index is 11.3. The van der Waals surface area contributed by atoms with E-state index in [2.05, 4.69) is 26.8 Å². The molecule has 0 atom stereocenters. The number of hydrogen-bond acceptors (Lipinski definition) is 2. The van der Waals surface area contributed by atoms with Gasteiger partial charge in [0.1, 0.15) is 0 Å². The zero-order chi connectivity index (χ0) is 23.4. The van der Waals surface area contributed by atoms with E-state index in [-0.39, 0.29) is 10.8 Å². The topological polar surface area (TPSA) is 74.6 Å². The van der Waals surface area contributed by atoms with Gasteiger partial charge in [0.2, 0.25) is 0 Å². The first-order valence-electron chi connectivity index (χ1n) is 12.8. The summed E-state index contributed by atoms with van der Waals surface area (Å²) < 4.78 is 0. The Morgan fingerprint density at radius 1 is 0.719 bits per heavy atom. The van der Waals surface area contributed by atoms with Crippen LogP contribution in [0.2, 0.25) is 0 Å². The normalized spacial score (nSPS) is 17.8. The Kier molecular flexibility index (Phi) is 8.06. The molecule has 0 amide bonds.